The highest BCUT2D eigenvalue weighted by Gasteiger charge is 2.24. The first-order valence-electron chi connectivity index (χ1n) is 5.38. The molecule has 0 radical (unpaired) electrons. The zero-order chi connectivity index (χ0) is 12.5. The van der Waals surface area contributed by atoms with E-state index in [0.717, 1.165) is 15.3 Å². The molecule has 1 amide bonds. The van der Waals surface area contributed by atoms with E-state index < -0.39 is 5.41 Å². The molecule has 1 aromatic carbocycles. The van der Waals surface area contributed by atoms with Crippen molar-refractivity contribution in [2.75, 3.05) is 11.9 Å². The normalized spacial score (nSPS) is 11.6. The lowest BCUT2D eigenvalue weighted by atomic mass is 9.93. The Morgan fingerprint density at radius 1 is 1.47 bits per heavy atom. The fraction of sp³-hybridized carbons (Fsp3) is 0.333. The second-order valence-electron chi connectivity index (χ2n) is 4.59. The van der Waals surface area contributed by atoms with Crippen LogP contribution in [0.2, 0.25) is 0 Å². The molecule has 0 aliphatic heterocycles. The summed E-state index contributed by atoms with van der Waals surface area (Å²) in [4.78, 5) is 15.6. The van der Waals surface area contributed by atoms with Crippen LogP contribution < -0.4 is 11.1 Å². The smallest absolute Gasteiger partial charge is 0.224 e. The van der Waals surface area contributed by atoms with Crippen molar-refractivity contribution in [3.8, 4) is 0 Å². The summed E-state index contributed by atoms with van der Waals surface area (Å²) in [7, 11) is 0. The number of rotatable bonds is 4. The van der Waals surface area contributed by atoms with Gasteiger partial charge in [-0.3, -0.25) is 4.79 Å². The largest absolute Gasteiger partial charge is 0.369 e. The number of carbonyl (C=O) groups excluding carboxylic acids is 1. The lowest BCUT2D eigenvalue weighted by Gasteiger charge is -2.20. The average molecular weight is 249 g/mol. The van der Waals surface area contributed by atoms with Crippen molar-refractivity contribution in [3.63, 3.8) is 0 Å². The van der Waals surface area contributed by atoms with Crippen LogP contribution in [0.1, 0.15) is 13.8 Å². The summed E-state index contributed by atoms with van der Waals surface area (Å²) in [6.45, 7) is 4.12. The summed E-state index contributed by atoms with van der Waals surface area (Å²) in [6, 6.07) is 7.93. The van der Waals surface area contributed by atoms with E-state index in [1.54, 1.807) is 11.3 Å². The number of thiazole rings is 1. The highest BCUT2D eigenvalue weighted by atomic mass is 32.1. The molecule has 1 aromatic heterocycles. The van der Waals surface area contributed by atoms with Crippen LogP contribution in [0.5, 0.6) is 0 Å². The van der Waals surface area contributed by atoms with E-state index in [2.05, 4.69) is 10.3 Å². The van der Waals surface area contributed by atoms with Crippen molar-refractivity contribution < 1.29 is 4.79 Å². The van der Waals surface area contributed by atoms with Gasteiger partial charge >= 0.3 is 0 Å². The summed E-state index contributed by atoms with van der Waals surface area (Å²) >= 11 is 1.58. The van der Waals surface area contributed by atoms with E-state index in [-0.39, 0.29) is 5.91 Å². The van der Waals surface area contributed by atoms with Crippen LogP contribution in [0.15, 0.2) is 24.3 Å². The number of aromatic nitrogens is 1. The minimum atomic E-state index is -0.572. The van der Waals surface area contributed by atoms with Gasteiger partial charge in [-0.2, -0.15) is 0 Å². The Labute approximate surface area is 104 Å². The molecule has 0 saturated heterocycles. The van der Waals surface area contributed by atoms with Gasteiger partial charge in [-0.05, 0) is 26.0 Å². The number of nitrogens with one attached hydrogen (secondary N) is 1. The molecule has 90 valence electrons. The third kappa shape index (κ3) is 2.55. The molecular formula is C12H15N3OS. The van der Waals surface area contributed by atoms with Crippen LogP contribution in [0.4, 0.5) is 5.13 Å². The van der Waals surface area contributed by atoms with Crippen LogP contribution in [0.3, 0.4) is 0 Å². The van der Waals surface area contributed by atoms with Crippen LogP contribution in [-0.4, -0.2) is 17.4 Å². The van der Waals surface area contributed by atoms with Crippen LogP contribution >= 0.6 is 11.3 Å². The molecule has 0 bridgehead atoms. The summed E-state index contributed by atoms with van der Waals surface area (Å²) in [5, 5.41) is 3.98. The number of anilines is 1. The minimum absolute atomic E-state index is 0.314. The second-order valence-corrected chi connectivity index (χ2v) is 5.62. The Bertz CT molecular complexity index is 514. The quantitative estimate of drug-likeness (QED) is 0.873. The van der Waals surface area contributed by atoms with Gasteiger partial charge in [0.05, 0.1) is 15.6 Å². The molecule has 0 atom stereocenters. The van der Waals surface area contributed by atoms with Gasteiger partial charge in [-0.15, -0.1) is 0 Å². The van der Waals surface area contributed by atoms with E-state index in [1.165, 1.54) is 0 Å². The number of nitrogens with two attached hydrogens (primary N) is 1. The fourth-order valence-corrected chi connectivity index (χ4v) is 2.19. The molecule has 2 aromatic rings. The molecule has 0 saturated carbocycles. The van der Waals surface area contributed by atoms with Crippen LogP contribution in [0.25, 0.3) is 10.2 Å². The molecule has 5 heteroatoms. The van der Waals surface area contributed by atoms with E-state index in [4.69, 9.17) is 5.73 Å². The van der Waals surface area contributed by atoms with Crippen molar-refractivity contribution in [3.05, 3.63) is 24.3 Å². The standard InChI is InChI=1S/C12H15N3OS/c1-12(2,10(13)16)7-14-11-15-8-5-3-4-6-9(8)17-11/h3-6H,7H2,1-2H3,(H2,13,16)(H,14,15). The Morgan fingerprint density at radius 3 is 2.82 bits per heavy atom. The molecular weight excluding hydrogens is 234 g/mol. The second kappa shape index (κ2) is 4.33. The van der Waals surface area contributed by atoms with Gasteiger partial charge in [0.25, 0.3) is 0 Å². The lowest BCUT2D eigenvalue weighted by Crippen LogP contribution is -2.37. The molecule has 0 aliphatic rings. The molecule has 17 heavy (non-hydrogen) atoms. The third-order valence-corrected chi connectivity index (χ3v) is 3.64. The van der Waals surface area contributed by atoms with Crippen molar-refractivity contribution >= 4 is 32.6 Å². The predicted molar refractivity (Wildman–Crippen MR) is 71.1 cm³/mol. The Kier molecular flexibility index (Phi) is 3.02. The van der Waals surface area contributed by atoms with E-state index in [1.807, 2.05) is 38.1 Å². The maximum absolute atomic E-state index is 11.2. The summed E-state index contributed by atoms with van der Waals surface area (Å²) in [5.41, 5.74) is 5.71. The van der Waals surface area contributed by atoms with Gasteiger partial charge in [-0.1, -0.05) is 23.5 Å². The van der Waals surface area contributed by atoms with E-state index >= 15 is 0 Å². The molecule has 0 spiro atoms. The first-order valence-corrected chi connectivity index (χ1v) is 6.20. The number of amides is 1. The number of para-hydroxylation sites is 1. The maximum Gasteiger partial charge on any atom is 0.224 e. The molecule has 0 aliphatic carbocycles. The molecule has 3 N–H and O–H groups in total. The number of hydrogen-bond acceptors (Lipinski definition) is 4. The first kappa shape index (κ1) is 11.9. The highest BCUT2D eigenvalue weighted by molar-refractivity contribution is 7.22. The Balaban J connectivity index is 2.12. The van der Waals surface area contributed by atoms with Crippen molar-refractivity contribution in [1.82, 2.24) is 4.98 Å². The van der Waals surface area contributed by atoms with E-state index in [9.17, 15) is 4.79 Å². The topological polar surface area (TPSA) is 68.0 Å². The van der Waals surface area contributed by atoms with Gasteiger partial charge in [0.2, 0.25) is 5.91 Å². The fourth-order valence-electron chi connectivity index (χ4n) is 1.33. The highest BCUT2D eigenvalue weighted by Crippen LogP contribution is 2.26. The number of hydrogen-bond donors (Lipinski definition) is 2. The molecule has 1 heterocycles. The number of benzene rings is 1. The average Bonchev–Trinajstić information content (AvgIpc) is 2.69. The third-order valence-electron chi connectivity index (χ3n) is 2.64. The molecule has 2 rings (SSSR count). The minimum Gasteiger partial charge on any atom is -0.369 e. The van der Waals surface area contributed by atoms with Crippen molar-refractivity contribution in [2.45, 2.75) is 13.8 Å². The maximum atomic E-state index is 11.2. The van der Waals surface area contributed by atoms with Gasteiger partial charge in [0.15, 0.2) is 5.13 Å². The SMILES string of the molecule is CC(C)(CNc1nc2ccccc2s1)C(N)=O. The van der Waals surface area contributed by atoms with Gasteiger partial charge in [-0.25, -0.2) is 4.98 Å². The molecule has 0 fully saturated rings. The number of carbonyl (C=O) groups is 1. The zero-order valence-corrected chi connectivity index (χ0v) is 10.7. The molecule has 0 unspecified atom stereocenters. The Morgan fingerprint density at radius 2 is 2.18 bits per heavy atom. The number of nitrogens with zero attached hydrogens (tertiary/aromatic N) is 1. The summed E-state index contributed by atoms with van der Waals surface area (Å²) in [5.74, 6) is -0.314. The number of primary amides is 1. The predicted octanol–water partition coefficient (Wildman–Crippen LogP) is 2.22. The number of fused-ring (bicyclic) bond motifs is 1. The van der Waals surface area contributed by atoms with Gasteiger partial charge in [0.1, 0.15) is 0 Å². The van der Waals surface area contributed by atoms with Gasteiger partial charge in [0, 0.05) is 6.54 Å². The van der Waals surface area contributed by atoms with Crippen LogP contribution in [-0.2, 0) is 4.79 Å². The van der Waals surface area contributed by atoms with Crippen molar-refractivity contribution in [1.29, 1.82) is 0 Å². The molecule has 4 nitrogen and oxygen atoms in total. The van der Waals surface area contributed by atoms with E-state index in [0.29, 0.717) is 6.54 Å². The van der Waals surface area contributed by atoms with Gasteiger partial charge < -0.3 is 11.1 Å². The van der Waals surface area contributed by atoms with Crippen LogP contribution in [0, 0.1) is 5.41 Å². The zero-order valence-electron chi connectivity index (χ0n) is 9.86. The summed E-state index contributed by atoms with van der Waals surface area (Å²) < 4.78 is 1.13. The monoisotopic (exact) mass is 249 g/mol. The first-order chi connectivity index (χ1) is 7.99. The lowest BCUT2D eigenvalue weighted by molar-refractivity contribution is -0.125. The Hall–Kier alpha value is -1.62. The summed E-state index contributed by atoms with van der Waals surface area (Å²) in [6.07, 6.45) is 0. The van der Waals surface area contributed by atoms with Crippen molar-refractivity contribution in [2.24, 2.45) is 11.1 Å².